The molecule has 1 aromatic heterocycles. The van der Waals surface area contributed by atoms with Gasteiger partial charge in [-0.2, -0.15) is 0 Å². The van der Waals surface area contributed by atoms with E-state index < -0.39 is 0 Å². The normalized spacial score (nSPS) is 26.5. The van der Waals surface area contributed by atoms with Crippen LogP contribution in [0.15, 0.2) is 0 Å². The highest BCUT2D eigenvalue weighted by atomic mass is 16.3. The zero-order chi connectivity index (χ0) is 14.8. The number of hydrogen-bond donors (Lipinski definition) is 2. The Bertz CT molecular complexity index is 499. The number of rotatable bonds is 3. The van der Waals surface area contributed by atoms with Gasteiger partial charge in [-0.25, -0.2) is 9.48 Å². The molecule has 3 rings (SSSR count). The van der Waals surface area contributed by atoms with Crippen LogP contribution in [-0.2, 0) is 7.05 Å². The summed E-state index contributed by atoms with van der Waals surface area (Å²) >= 11 is 0. The second-order valence-corrected chi connectivity index (χ2v) is 5.93. The molecule has 1 saturated heterocycles. The van der Waals surface area contributed by atoms with Crippen molar-refractivity contribution in [2.45, 2.75) is 56.7 Å². The highest BCUT2D eigenvalue weighted by Crippen LogP contribution is 2.35. The third-order valence-corrected chi connectivity index (χ3v) is 4.58. The predicted molar refractivity (Wildman–Crippen MR) is 74.3 cm³/mol. The molecule has 8 nitrogen and oxygen atoms in total. The molecule has 0 radical (unpaired) electrons. The molecule has 1 aromatic rings. The van der Waals surface area contributed by atoms with E-state index in [1.165, 1.54) is 12.8 Å². The standard InChI is InChI=1S/C13H22N6O2/c1-18-12(15-16-17-18)11-7-6-10(8-20)19(11)13(21)14-9-4-2-3-5-9/h9-11,20H,2-8H2,1H3,(H,14,21)/t10-,11+/m0/s1. The number of nitrogens with zero attached hydrogens (tertiary/aromatic N) is 5. The third kappa shape index (κ3) is 2.72. The molecule has 8 heteroatoms. The van der Waals surface area contributed by atoms with E-state index in [1.54, 1.807) is 16.6 Å². The van der Waals surface area contributed by atoms with E-state index in [0.717, 1.165) is 25.7 Å². The SMILES string of the molecule is Cn1nnnc1[C@H]1CC[C@@H](CO)N1C(=O)NC1CCCC1. The van der Waals surface area contributed by atoms with E-state index in [4.69, 9.17) is 0 Å². The number of urea groups is 1. The van der Waals surface area contributed by atoms with Gasteiger partial charge >= 0.3 is 6.03 Å². The number of amides is 2. The Morgan fingerprint density at radius 1 is 1.33 bits per heavy atom. The summed E-state index contributed by atoms with van der Waals surface area (Å²) in [7, 11) is 1.77. The van der Waals surface area contributed by atoms with Crippen LogP contribution >= 0.6 is 0 Å². The molecule has 2 amide bonds. The molecule has 2 atom stereocenters. The summed E-state index contributed by atoms with van der Waals surface area (Å²) in [5, 5.41) is 24.2. The fraction of sp³-hybridized carbons (Fsp3) is 0.846. The largest absolute Gasteiger partial charge is 0.394 e. The van der Waals surface area contributed by atoms with Crippen LogP contribution in [-0.4, -0.2) is 54.9 Å². The summed E-state index contributed by atoms with van der Waals surface area (Å²) in [5.74, 6) is 0.674. The minimum absolute atomic E-state index is 0.0279. The van der Waals surface area contributed by atoms with Crippen molar-refractivity contribution in [3.8, 4) is 0 Å². The maximum atomic E-state index is 12.6. The molecule has 2 N–H and O–H groups in total. The lowest BCUT2D eigenvalue weighted by Gasteiger charge is -2.30. The summed E-state index contributed by atoms with van der Waals surface area (Å²) in [6.45, 7) is -0.0279. The summed E-state index contributed by atoms with van der Waals surface area (Å²) < 4.78 is 1.60. The van der Waals surface area contributed by atoms with E-state index >= 15 is 0 Å². The first kappa shape index (κ1) is 14.2. The number of nitrogens with one attached hydrogen (secondary N) is 1. The van der Waals surface area contributed by atoms with Crippen LogP contribution in [0.4, 0.5) is 4.79 Å². The fourth-order valence-electron chi connectivity index (χ4n) is 3.46. The minimum atomic E-state index is -0.163. The van der Waals surface area contributed by atoms with E-state index in [1.807, 2.05) is 0 Å². The summed E-state index contributed by atoms with van der Waals surface area (Å²) in [6.07, 6.45) is 5.97. The maximum Gasteiger partial charge on any atom is 0.318 e. The van der Waals surface area contributed by atoms with Gasteiger partial charge in [-0.1, -0.05) is 12.8 Å². The van der Waals surface area contributed by atoms with Crippen LogP contribution in [0.5, 0.6) is 0 Å². The molecule has 2 fully saturated rings. The maximum absolute atomic E-state index is 12.6. The van der Waals surface area contributed by atoms with Crippen molar-refractivity contribution in [2.75, 3.05) is 6.61 Å². The van der Waals surface area contributed by atoms with Crippen LogP contribution in [0.2, 0.25) is 0 Å². The molecule has 21 heavy (non-hydrogen) atoms. The Balaban J connectivity index is 1.77. The molecule has 0 unspecified atom stereocenters. The van der Waals surface area contributed by atoms with E-state index in [2.05, 4.69) is 20.8 Å². The topological polar surface area (TPSA) is 96.2 Å². The molecule has 116 valence electrons. The van der Waals surface area contributed by atoms with Crippen molar-refractivity contribution in [3.05, 3.63) is 5.82 Å². The molecular formula is C13H22N6O2. The van der Waals surface area contributed by atoms with Crippen molar-refractivity contribution in [1.29, 1.82) is 0 Å². The van der Waals surface area contributed by atoms with Gasteiger partial charge in [0, 0.05) is 13.1 Å². The number of aromatic nitrogens is 4. The van der Waals surface area contributed by atoms with Crippen molar-refractivity contribution in [1.82, 2.24) is 30.4 Å². The highest BCUT2D eigenvalue weighted by Gasteiger charge is 2.40. The number of aryl methyl sites for hydroxylation is 1. The first-order valence-electron chi connectivity index (χ1n) is 7.62. The van der Waals surface area contributed by atoms with Gasteiger partial charge in [0.25, 0.3) is 0 Å². The monoisotopic (exact) mass is 294 g/mol. The van der Waals surface area contributed by atoms with Crippen molar-refractivity contribution in [3.63, 3.8) is 0 Å². The smallest absolute Gasteiger partial charge is 0.318 e. The average Bonchev–Trinajstić information content (AvgIpc) is 3.17. The molecule has 0 bridgehead atoms. The zero-order valence-electron chi connectivity index (χ0n) is 12.3. The van der Waals surface area contributed by atoms with Gasteiger partial charge in [-0.15, -0.1) is 5.10 Å². The summed E-state index contributed by atoms with van der Waals surface area (Å²) in [6, 6.07) is -0.168. The quantitative estimate of drug-likeness (QED) is 0.839. The zero-order valence-corrected chi connectivity index (χ0v) is 12.3. The second-order valence-electron chi connectivity index (χ2n) is 5.93. The molecular weight excluding hydrogens is 272 g/mol. The van der Waals surface area contributed by atoms with Gasteiger partial charge in [0.1, 0.15) is 0 Å². The van der Waals surface area contributed by atoms with Crippen LogP contribution in [0, 0.1) is 0 Å². The van der Waals surface area contributed by atoms with Crippen LogP contribution in [0.25, 0.3) is 0 Å². The number of carbonyl (C=O) groups excluding carboxylic acids is 1. The fourth-order valence-corrected chi connectivity index (χ4v) is 3.46. The molecule has 2 aliphatic rings. The second kappa shape index (κ2) is 5.97. The minimum Gasteiger partial charge on any atom is -0.394 e. The average molecular weight is 294 g/mol. The Morgan fingerprint density at radius 3 is 2.71 bits per heavy atom. The van der Waals surface area contributed by atoms with Gasteiger partial charge < -0.3 is 15.3 Å². The number of hydrogen-bond acceptors (Lipinski definition) is 5. The van der Waals surface area contributed by atoms with Crippen molar-refractivity contribution < 1.29 is 9.90 Å². The van der Waals surface area contributed by atoms with Crippen molar-refractivity contribution in [2.24, 2.45) is 7.05 Å². The van der Waals surface area contributed by atoms with Crippen molar-refractivity contribution >= 4 is 6.03 Å². The highest BCUT2D eigenvalue weighted by molar-refractivity contribution is 5.75. The molecule has 0 aromatic carbocycles. The number of aliphatic hydroxyl groups is 1. The number of likely N-dealkylation sites (tertiary alicyclic amines) is 1. The molecule has 2 heterocycles. The Kier molecular flexibility index (Phi) is 4.05. The van der Waals surface area contributed by atoms with Crippen LogP contribution < -0.4 is 5.32 Å². The summed E-state index contributed by atoms with van der Waals surface area (Å²) in [5.41, 5.74) is 0. The number of tetrazole rings is 1. The van der Waals surface area contributed by atoms with Gasteiger partial charge in [0.2, 0.25) is 0 Å². The van der Waals surface area contributed by atoms with Gasteiger partial charge in [0.05, 0.1) is 18.7 Å². The molecule has 1 aliphatic heterocycles. The third-order valence-electron chi connectivity index (χ3n) is 4.58. The first-order chi connectivity index (χ1) is 10.2. The Morgan fingerprint density at radius 2 is 2.10 bits per heavy atom. The lowest BCUT2D eigenvalue weighted by molar-refractivity contribution is 0.132. The van der Waals surface area contributed by atoms with Gasteiger partial charge in [-0.05, 0) is 36.1 Å². The van der Waals surface area contributed by atoms with E-state index in [0.29, 0.717) is 5.82 Å². The lowest BCUT2D eigenvalue weighted by Crippen LogP contribution is -2.48. The van der Waals surface area contributed by atoms with Crippen LogP contribution in [0.1, 0.15) is 50.4 Å². The Labute approximate surface area is 123 Å². The summed E-state index contributed by atoms with van der Waals surface area (Å²) in [4.78, 5) is 14.3. The number of carbonyl (C=O) groups is 1. The predicted octanol–water partition coefficient (Wildman–Crippen LogP) is 0.360. The van der Waals surface area contributed by atoms with Gasteiger partial charge in [0.15, 0.2) is 5.82 Å². The van der Waals surface area contributed by atoms with E-state index in [-0.39, 0.29) is 30.8 Å². The molecule has 1 aliphatic carbocycles. The Hall–Kier alpha value is -1.70. The number of aliphatic hydroxyl groups excluding tert-OH is 1. The van der Waals surface area contributed by atoms with E-state index in [9.17, 15) is 9.90 Å². The lowest BCUT2D eigenvalue weighted by atomic mass is 10.2. The van der Waals surface area contributed by atoms with Crippen LogP contribution in [0.3, 0.4) is 0 Å². The molecule has 1 saturated carbocycles. The molecule has 0 spiro atoms. The van der Waals surface area contributed by atoms with Gasteiger partial charge in [-0.3, -0.25) is 0 Å². The first-order valence-corrected chi connectivity index (χ1v) is 7.62.